The summed E-state index contributed by atoms with van der Waals surface area (Å²) in [5.41, 5.74) is 1.07. The Kier molecular flexibility index (Phi) is 5.75. The van der Waals surface area contributed by atoms with Crippen LogP contribution in [-0.4, -0.2) is 29.8 Å². The summed E-state index contributed by atoms with van der Waals surface area (Å²) in [6.07, 6.45) is -4.29. The molecule has 1 N–H and O–H groups in total. The number of ether oxygens (including phenoxy) is 1. The van der Waals surface area contributed by atoms with Gasteiger partial charge in [0, 0.05) is 23.6 Å². The number of nitro groups is 1. The fraction of sp³-hybridized carbons (Fsp3) is 0.350. The third-order valence-electron chi connectivity index (χ3n) is 4.99. The molecule has 0 radical (unpaired) electrons. The van der Waals surface area contributed by atoms with Gasteiger partial charge in [-0.2, -0.15) is 18.4 Å². The molecular weight excluding hydrogens is 387 g/mol. The highest BCUT2D eigenvalue weighted by molar-refractivity contribution is 5.43. The van der Waals surface area contributed by atoms with Gasteiger partial charge in [0.15, 0.2) is 0 Å². The number of halogens is 3. The number of hydrogen-bond donors (Lipinski definition) is 1. The molecule has 9 heteroatoms. The Labute approximate surface area is 165 Å². The molecule has 2 aromatic carbocycles. The van der Waals surface area contributed by atoms with E-state index < -0.39 is 29.1 Å². The molecule has 152 valence electrons. The van der Waals surface area contributed by atoms with E-state index in [0.717, 1.165) is 0 Å². The zero-order valence-corrected chi connectivity index (χ0v) is 15.4. The van der Waals surface area contributed by atoms with Crippen LogP contribution in [0, 0.1) is 28.4 Å². The maximum atomic E-state index is 13.6. The van der Waals surface area contributed by atoms with Gasteiger partial charge >= 0.3 is 6.18 Å². The molecule has 3 atom stereocenters. The van der Waals surface area contributed by atoms with Crippen LogP contribution in [0.2, 0.25) is 0 Å². The van der Waals surface area contributed by atoms with E-state index in [1.807, 2.05) is 6.07 Å². The fourth-order valence-corrected chi connectivity index (χ4v) is 3.58. The van der Waals surface area contributed by atoms with Crippen molar-refractivity contribution in [3.63, 3.8) is 0 Å². The Bertz CT molecular complexity index is 939. The maximum absolute atomic E-state index is 13.6. The Balaban J connectivity index is 1.75. The van der Waals surface area contributed by atoms with Crippen LogP contribution in [0.15, 0.2) is 42.5 Å². The van der Waals surface area contributed by atoms with E-state index in [-0.39, 0.29) is 18.7 Å². The minimum atomic E-state index is -4.47. The quantitative estimate of drug-likeness (QED) is 0.594. The number of aryl methyl sites for hydroxylation is 1. The lowest BCUT2D eigenvalue weighted by molar-refractivity contribution is -0.385. The van der Waals surface area contributed by atoms with Gasteiger partial charge in [-0.15, -0.1) is 0 Å². The van der Waals surface area contributed by atoms with E-state index >= 15 is 0 Å². The van der Waals surface area contributed by atoms with Crippen LogP contribution in [0.1, 0.15) is 29.0 Å². The molecule has 0 amide bonds. The summed E-state index contributed by atoms with van der Waals surface area (Å²) in [5.74, 6) is -0.409. The fourth-order valence-electron chi connectivity index (χ4n) is 3.58. The number of nitro benzene ring substituents is 1. The van der Waals surface area contributed by atoms with Crippen molar-refractivity contribution in [1.82, 2.24) is 5.32 Å². The lowest BCUT2D eigenvalue weighted by atomic mass is 9.89. The molecule has 0 bridgehead atoms. The number of nitriles is 1. The van der Waals surface area contributed by atoms with Crippen molar-refractivity contribution in [2.24, 2.45) is 0 Å². The van der Waals surface area contributed by atoms with Gasteiger partial charge in [0.1, 0.15) is 18.4 Å². The molecule has 1 saturated heterocycles. The van der Waals surface area contributed by atoms with Crippen molar-refractivity contribution in [3.8, 4) is 11.8 Å². The molecule has 0 aliphatic carbocycles. The first-order valence-electron chi connectivity index (χ1n) is 8.89. The van der Waals surface area contributed by atoms with Crippen LogP contribution in [0.5, 0.6) is 5.75 Å². The van der Waals surface area contributed by atoms with Crippen molar-refractivity contribution in [2.45, 2.75) is 37.5 Å². The van der Waals surface area contributed by atoms with Crippen molar-refractivity contribution < 1.29 is 22.8 Å². The summed E-state index contributed by atoms with van der Waals surface area (Å²) < 4.78 is 46.3. The topological polar surface area (TPSA) is 88.2 Å². The zero-order valence-electron chi connectivity index (χ0n) is 15.4. The van der Waals surface area contributed by atoms with E-state index in [2.05, 4.69) is 5.32 Å². The first-order valence-corrected chi connectivity index (χ1v) is 8.89. The van der Waals surface area contributed by atoms with Gasteiger partial charge in [0.05, 0.1) is 16.6 Å². The maximum Gasteiger partial charge on any atom is 0.404 e. The predicted octanol–water partition coefficient (Wildman–Crippen LogP) is 4.23. The number of benzene rings is 2. The Morgan fingerprint density at radius 3 is 2.52 bits per heavy atom. The standard InChI is InChI=1S/C20H18F3N3O3/c1-12-8-14(4-7-18(12)26(27)28)17-9-15(25-19(17)20(21,22)23)11-29-16-5-2-13(10-24)3-6-16/h2-8,15,17,19,25H,9,11H2,1H3/t15-,17?,19+/m0/s1. The predicted molar refractivity (Wildman–Crippen MR) is 98.6 cm³/mol. The lowest BCUT2D eigenvalue weighted by Crippen LogP contribution is -2.44. The number of nitrogens with zero attached hydrogens (tertiary/aromatic N) is 2. The van der Waals surface area contributed by atoms with Crippen LogP contribution in [0.25, 0.3) is 0 Å². The monoisotopic (exact) mass is 405 g/mol. The van der Waals surface area contributed by atoms with Gasteiger partial charge in [-0.3, -0.25) is 15.4 Å². The van der Waals surface area contributed by atoms with Crippen LogP contribution < -0.4 is 10.1 Å². The summed E-state index contributed by atoms with van der Waals surface area (Å²) in [5, 5.41) is 22.4. The van der Waals surface area contributed by atoms with Gasteiger partial charge in [0.25, 0.3) is 5.69 Å². The summed E-state index contributed by atoms with van der Waals surface area (Å²) in [4.78, 5) is 10.4. The molecule has 1 fully saturated rings. The molecule has 2 aromatic rings. The molecule has 0 saturated carbocycles. The first-order chi connectivity index (χ1) is 13.7. The Hall–Kier alpha value is -3.12. The summed E-state index contributed by atoms with van der Waals surface area (Å²) in [7, 11) is 0. The van der Waals surface area contributed by atoms with Gasteiger partial charge < -0.3 is 4.74 Å². The van der Waals surface area contributed by atoms with Gasteiger partial charge in [0.2, 0.25) is 0 Å². The first kappa shape index (κ1) is 20.6. The molecule has 1 aliphatic heterocycles. The normalized spacial score (nSPS) is 21.6. The molecule has 0 spiro atoms. The number of nitrogens with one attached hydrogen (secondary N) is 1. The molecule has 3 rings (SSSR count). The van der Waals surface area contributed by atoms with E-state index in [1.54, 1.807) is 24.3 Å². The molecule has 1 heterocycles. The molecular formula is C20H18F3N3O3. The highest BCUT2D eigenvalue weighted by atomic mass is 19.4. The highest BCUT2D eigenvalue weighted by Gasteiger charge is 2.50. The molecule has 29 heavy (non-hydrogen) atoms. The van der Waals surface area contributed by atoms with E-state index in [0.29, 0.717) is 22.4 Å². The van der Waals surface area contributed by atoms with Crippen LogP contribution in [0.3, 0.4) is 0 Å². The van der Waals surface area contributed by atoms with E-state index in [9.17, 15) is 23.3 Å². The van der Waals surface area contributed by atoms with Crippen LogP contribution in [0.4, 0.5) is 18.9 Å². The van der Waals surface area contributed by atoms with Crippen molar-refractivity contribution >= 4 is 5.69 Å². The van der Waals surface area contributed by atoms with Crippen molar-refractivity contribution in [1.29, 1.82) is 5.26 Å². The minimum Gasteiger partial charge on any atom is -0.492 e. The second-order valence-corrected chi connectivity index (χ2v) is 6.98. The Morgan fingerprint density at radius 1 is 1.28 bits per heavy atom. The molecule has 0 aromatic heterocycles. The highest BCUT2D eigenvalue weighted by Crippen LogP contribution is 2.40. The number of alkyl halides is 3. The van der Waals surface area contributed by atoms with Gasteiger partial charge in [-0.05, 0) is 49.2 Å². The molecule has 6 nitrogen and oxygen atoms in total. The molecule has 1 aliphatic rings. The van der Waals surface area contributed by atoms with E-state index in [1.165, 1.54) is 25.1 Å². The van der Waals surface area contributed by atoms with Crippen LogP contribution in [-0.2, 0) is 0 Å². The van der Waals surface area contributed by atoms with Gasteiger partial charge in [-0.25, -0.2) is 0 Å². The SMILES string of the molecule is Cc1cc(C2C[C@@H](COc3ccc(C#N)cc3)N[C@H]2C(F)(F)F)ccc1[N+](=O)[O-]. The summed E-state index contributed by atoms with van der Waals surface area (Å²) >= 11 is 0. The second kappa shape index (κ2) is 8.09. The van der Waals surface area contributed by atoms with Crippen molar-refractivity contribution in [2.75, 3.05) is 6.61 Å². The third kappa shape index (κ3) is 4.66. The zero-order chi connectivity index (χ0) is 21.2. The molecule has 1 unspecified atom stereocenters. The second-order valence-electron chi connectivity index (χ2n) is 6.98. The third-order valence-corrected chi connectivity index (χ3v) is 4.99. The number of hydrogen-bond acceptors (Lipinski definition) is 5. The smallest absolute Gasteiger partial charge is 0.404 e. The summed E-state index contributed by atoms with van der Waals surface area (Å²) in [6.45, 7) is 1.54. The Morgan fingerprint density at radius 2 is 1.97 bits per heavy atom. The van der Waals surface area contributed by atoms with Crippen molar-refractivity contribution in [3.05, 3.63) is 69.3 Å². The van der Waals surface area contributed by atoms with Crippen LogP contribution >= 0.6 is 0 Å². The average molecular weight is 405 g/mol. The van der Waals surface area contributed by atoms with E-state index in [4.69, 9.17) is 10.00 Å². The minimum absolute atomic E-state index is 0.0287. The largest absolute Gasteiger partial charge is 0.492 e. The number of rotatable bonds is 5. The van der Waals surface area contributed by atoms with Gasteiger partial charge in [-0.1, -0.05) is 6.07 Å². The average Bonchev–Trinajstić information content (AvgIpc) is 3.11. The lowest BCUT2D eigenvalue weighted by Gasteiger charge is -2.23. The summed E-state index contributed by atoms with van der Waals surface area (Å²) in [6, 6.07) is 10.1.